The summed E-state index contributed by atoms with van der Waals surface area (Å²) >= 11 is 1.73. The Morgan fingerprint density at radius 1 is 1.30 bits per heavy atom. The minimum Gasteiger partial charge on any atom is -0.341 e. The Morgan fingerprint density at radius 2 is 1.95 bits per heavy atom. The molecule has 112 valence electrons. The van der Waals surface area contributed by atoms with E-state index in [9.17, 15) is 4.79 Å². The van der Waals surface area contributed by atoms with Gasteiger partial charge in [-0.1, -0.05) is 19.1 Å². The van der Waals surface area contributed by atoms with Gasteiger partial charge in [0.05, 0.1) is 0 Å². The summed E-state index contributed by atoms with van der Waals surface area (Å²) in [6.07, 6.45) is 4.59. The molecule has 1 rings (SSSR count). The van der Waals surface area contributed by atoms with Gasteiger partial charge < -0.3 is 10.6 Å². The number of thioether (sulfide) groups is 1. The molecular weight excluding hydrogens is 268 g/mol. The number of hydrogen-bond donors (Lipinski definition) is 1. The van der Waals surface area contributed by atoms with Crippen molar-refractivity contribution in [3.63, 3.8) is 0 Å². The van der Waals surface area contributed by atoms with Gasteiger partial charge in [-0.05, 0) is 49.3 Å². The first-order valence-electron chi connectivity index (χ1n) is 7.13. The van der Waals surface area contributed by atoms with Crippen LogP contribution in [0.25, 0.3) is 0 Å². The zero-order valence-corrected chi connectivity index (χ0v) is 13.6. The number of carbonyl (C=O) groups is 1. The fourth-order valence-corrected chi connectivity index (χ4v) is 2.49. The minimum absolute atomic E-state index is 0.211. The van der Waals surface area contributed by atoms with Gasteiger partial charge in [-0.2, -0.15) is 0 Å². The zero-order valence-electron chi connectivity index (χ0n) is 12.8. The van der Waals surface area contributed by atoms with E-state index in [1.807, 2.05) is 11.9 Å². The molecule has 1 atom stereocenters. The molecule has 1 aromatic rings. The van der Waals surface area contributed by atoms with Crippen molar-refractivity contribution in [3.8, 4) is 0 Å². The molecular formula is C16H26N2OS. The van der Waals surface area contributed by atoms with Gasteiger partial charge in [0, 0.05) is 24.9 Å². The monoisotopic (exact) mass is 294 g/mol. The summed E-state index contributed by atoms with van der Waals surface area (Å²) in [5, 5.41) is 0. The van der Waals surface area contributed by atoms with Crippen LogP contribution in [0.4, 0.5) is 0 Å². The molecule has 4 heteroatoms. The average Bonchev–Trinajstić information content (AvgIpc) is 2.45. The SMILES string of the molecule is CSc1ccc(CN(C)C(=O)CCC(C)CCN)cc1. The van der Waals surface area contributed by atoms with Crippen LogP contribution in [0.2, 0.25) is 0 Å². The lowest BCUT2D eigenvalue weighted by Gasteiger charge is -2.18. The van der Waals surface area contributed by atoms with Gasteiger partial charge in [0.25, 0.3) is 0 Å². The molecule has 0 saturated heterocycles. The van der Waals surface area contributed by atoms with Crippen molar-refractivity contribution in [2.75, 3.05) is 19.8 Å². The maximum Gasteiger partial charge on any atom is 0.222 e. The van der Waals surface area contributed by atoms with Crippen molar-refractivity contribution in [1.29, 1.82) is 0 Å². The molecule has 3 nitrogen and oxygen atoms in total. The van der Waals surface area contributed by atoms with Gasteiger partial charge in [0.15, 0.2) is 0 Å². The molecule has 0 saturated carbocycles. The lowest BCUT2D eigenvalue weighted by atomic mass is 10.0. The molecule has 0 heterocycles. The smallest absolute Gasteiger partial charge is 0.222 e. The Morgan fingerprint density at radius 3 is 2.50 bits per heavy atom. The fraction of sp³-hybridized carbons (Fsp3) is 0.562. The molecule has 1 amide bonds. The molecule has 0 aliphatic carbocycles. The Kier molecular flexibility index (Phi) is 7.70. The van der Waals surface area contributed by atoms with Crippen molar-refractivity contribution in [3.05, 3.63) is 29.8 Å². The van der Waals surface area contributed by atoms with Crippen LogP contribution in [0, 0.1) is 5.92 Å². The summed E-state index contributed by atoms with van der Waals surface area (Å²) < 4.78 is 0. The molecule has 1 aromatic carbocycles. The topological polar surface area (TPSA) is 46.3 Å². The number of benzene rings is 1. The maximum atomic E-state index is 12.1. The number of carbonyl (C=O) groups excluding carboxylic acids is 1. The highest BCUT2D eigenvalue weighted by molar-refractivity contribution is 7.98. The predicted molar refractivity (Wildman–Crippen MR) is 86.8 cm³/mol. The second-order valence-electron chi connectivity index (χ2n) is 5.32. The highest BCUT2D eigenvalue weighted by Crippen LogP contribution is 2.16. The Balaban J connectivity index is 2.40. The number of amides is 1. The van der Waals surface area contributed by atoms with E-state index in [-0.39, 0.29) is 5.91 Å². The summed E-state index contributed by atoms with van der Waals surface area (Å²) in [5.74, 6) is 0.737. The normalized spacial score (nSPS) is 12.2. The third-order valence-corrected chi connectivity index (χ3v) is 4.26. The van der Waals surface area contributed by atoms with Crippen LogP contribution in [0.15, 0.2) is 29.2 Å². The number of nitrogens with two attached hydrogens (primary N) is 1. The summed E-state index contributed by atoms with van der Waals surface area (Å²) in [6.45, 7) is 3.53. The minimum atomic E-state index is 0.211. The summed E-state index contributed by atoms with van der Waals surface area (Å²) in [5.41, 5.74) is 6.70. The molecule has 0 aliphatic rings. The van der Waals surface area contributed by atoms with Crippen molar-refractivity contribution < 1.29 is 4.79 Å². The van der Waals surface area contributed by atoms with E-state index in [0.29, 0.717) is 25.4 Å². The van der Waals surface area contributed by atoms with E-state index in [0.717, 1.165) is 12.8 Å². The van der Waals surface area contributed by atoms with Crippen LogP contribution in [-0.2, 0) is 11.3 Å². The molecule has 0 aromatic heterocycles. The Hall–Kier alpha value is -1.00. The first kappa shape index (κ1) is 17.1. The number of nitrogens with zero attached hydrogens (tertiary/aromatic N) is 1. The molecule has 0 aliphatic heterocycles. The van der Waals surface area contributed by atoms with Crippen molar-refractivity contribution in [2.24, 2.45) is 11.7 Å². The third-order valence-electron chi connectivity index (χ3n) is 3.52. The largest absolute Gasteiger partial charge is 0.341 e. The van der Waals surface area contributed by atoms with Crippen LogP contribution in [0.5, 0.6) is 0 Å². The van der Waals surface area contributed by atoms with Gasteiger partial charge in [-0.25, -0.2) is 0 Å². The summed E-state index contributed by atoms with van der Waals surface area (Å²) in [4.78, 5) is 15.1. The Bertz CT molecular complexity index is 405. The number of rotatable bonds is 8. The summed E-state index contributed by atoms with van der Waals surface area (Å²) in [6, 6.07) is 8.38. The van der Waals surface area contributed by atoms with Gasteiger partial charge in [-0.15, -0.1) is 11.8 Å². The van der Waals surface area contributed by atoms with E-state index in [1.54, 1.807) is 11.8 Å². The van der Waals surface area contributed by atoms with Crippen LogP contribution < -0.4 is 5.73 Å². The molecule has 0 bridgehead atoms. The second-order valence-corrected chi connectivity index (χ2v) is 6.20. The predicted octanol–water partition coefficient (Wildman–Crippen LogP) is 3.13. The lowest BCUT2D eigenvalue weighted by Crippen LogP contribution is -2.26. The number of hydrogen-bond acceptors (Lipinski definition) is 3. The van der Waals surface area contributed by atoms with E-state index in [2.05, 4.69) is 37.4 Å². The highest BCUT2D eigenvalue weighted by atomic mass is 32.2. The van der Waals surface area contributed by atoms with Crippen molar-refractivity contribution in [2.45, 2.75) is 37.6 Å². The van der Waals surface area contributed by atoms with Crippen molar-refractivity contribution in [1.82, 2.24) is 4.90 Å². The van der Waals surface area contributed by atoms with Gasteiger partial charge >= 0.3 is 0 Å². The highest BCUT2D eigenvalue weighted by Gasteiger charge is 2.11. The maximum absolute atomic E-state index is 12.1. The van der Waals surface area contributed by atoms with Crippen LogP contribution >= 0.6 is 11.8 Å². The van der Waals surface area contributed by atoms with Crippen molar-refractivity contribution >= 4 is 17.7 Å². The molecule has 0 spiro atoms. The van der Waals surface area contributed by atoms with Crippen LogP contribution in [0.3, 0.4) is 0 Å². The summed E-state index contributed by atoms with van der Waals surface area (Å²) in [7, 11) is 1.87. The molecule has 0 fully saturated rings. The van der Waals surface area contributed by atoms with E-state index < -0.39 is 0 Å². The van der Waals surface area contributed by atoms with E-state index in [1.165, 1.54) is 10.5 Å². The van der Waals surface area contributed by atoms with Crippen LogP contribution in [-0.4, -0.2) is 30.7 Å². The first-order chi connectivity index (χ1) is 9.56. The quantitative estimate of drug-likeness (QED) is 0.749. The lowest BCUT2D eigenvalue weighted by molar-refractivity contribution is -0.130. The second kappa shape index (κ2) is 9.03. The van der Waals surface area contributed by atoms with Gasteiger partial charge in [0.1, 0.15) is 0 Å². The van der Waals surface area contributed by atoms with E-state index >= 15 is 0 Å². The van der Waals surface area contributed by atoms with E-state index in [4.69, 9.17) is 5.73 Å². The molecule has 20 heavy (non-hydrogen) atoms. The van der Waals surface area contributed by atoms with Crippen LogP contribution in [0.1, 0.15) is 31.7 Å². The molecule has 0 radical (unpaired) electrons. The molecule has 1 unspecified atom stereocenters. The fourth-order valence-electron chi connectivity index (χ4n) is 2.08. The third kappa shape index (κ3) is 5.97. The standard InChI is InChI=1S/C16H26N2OS/c1-13(10-11-17)4-9-16(19)18(2)12-14-5-7-15(20-3)8-6-14/h5-8,13H,4,9-12,17H2,1-3H3. The average molecular weight is 294 g/mol. The van der Waals surface area contributed by atoms with Gasteiger partial charge in [0.2, 0.25) is 5.91 Å². The molecule has 2 N–H and O–H groups in total. The van der Waals surface area contributed by atoms with Gasteiger partial charge in [-0.3, -0.25) is 4.79 Å². The first-order valence-corrected chi connectivity index (χ1v) is 8.36. The zero-order chi connectivity index (χ0) is 15.0. The Labute approximate surface area is 126 Å².